The first-order chi connectivity index (χ1) is 15.5. The number of amides is 1. The molecular weight excluding hydrogens is 440 g/mol. The predicted molar refractivity (Wildman–Crippen MR) is 134 cm³/mol. The summed E-state index contributed by atoms with van der Waals surface area (Å²) in [5.41, 5.74) is 4.82. The van der Waals surface area contributed by atoms with Crippen LogP contribution in [0.1, 0.15) is 30.2 Å². The molecule has 32 heavy (non-hydrogen) atoms. The number of halogens is 1. The lowest BCUT2D eigenvalue weighted by Crippen LogP contribution is -2.46. The fourth-order valence-electron chi connectivity index (χ4n) is 4.20. The highest BCUT2D eigenvalue weighted by Gasteiger charge is 2.21. The van der Waals surface area contributed by atoms with Crippen LogP contribution in [0.5, 0.6) is 0 Å². The molecule has 0 saturated carbocycles. The molecule has 168 valence electrons. The molecule has 2 N–H and O–H groups in total. The van der Waals surface area contributed by atoms with E-state index in [0.717, 1.165) is 43.6 Å². The zero-order valence-electron chi connectivity index (χ0n) is 18.3. The topological polar surface area (TPSA) is 57.3 Å². The predicted octanol–water partition coefficient (Wildman–Crippen LogP) is 5.17. The molecule has 1 atom stereocenters. The number of nitrogens with one attached hydrogen (secondary N) is 2. The van der Waals surface area contributed by atoms with Gasteiger partial charge in [0.05, 0.1) is 11.9 Å². The largest absolute Gasteiger partial charge is 0.371 e. The van der Waals surface area contributed by atoms with Crippen LogP contribution < -0.4 is 15.5 Å². The number of carbonyl (C=O) groups excluding carboxylic acids is 1. The van der Waals surface area contributed by atoms with Gasteiger partial charge in [-0.2, -0.15) is 0 Å². The third-order valence-electron chi connectivity index (χ3n) is 5.78. The van der Waals surface area contributed by atoms with Gasteiger partial charge >= 0.3 is 0 Å². The van der Waals surface area contributed by atoms with Gasteiger partial charge in [0.1, 0.15) is 0 Å². The minimum atomic E-state index is -0.0423. The van der Waals surface area contributed by atoms with Crippen LogP contribution >= 0.6 is 22.9 Å². The first-order valence-electron chi connectivity index (χ1n) is 11.1. The van der Waals surface area contributed by atoms with E-state index in [-0.39, 0.29) is 5.91 Å². The van der Waals surface area contributed by atoms with Gasteiger partial charge < -0.3 is 15.5 Å². The van der Waals surface area contributed by atoms with Crippen molar-refractivity contribution in [2.24, 2.45) is 0 Å². The van der Waals surface area contributed by atoms with Crippen molar-refractivity contribution >= 4 is 40.2 Å². The molecule has 0 unspecified atom stereocenters. The molecule has 1 aliphatic heterocycles. The summed E-state index contributed by atoms with van der Waals surface area (Å²) in [7, 11) is 0. The van der Waals surface area contributed by atoms with E-state index in [2.05, 4.69) is 39.6 Å². The molecule has 0 aliphatic carbocycles. The molecule has 0 spiro atoms. The molecule has 1 fully saturated rings. The van der Waals surface area contributed by atoms with Gasteiger partial charge in [-0.25, -0.2) is 0 Å². The van der Waals surface area contributed by atoms with Crippen molar-refractivity contribution in [2.75, 3.05) is 23.3 Å². The molecule has 2 heterocycles. The monoisotopic (exact) mass is 468 g/mol. The smallest absolute Gasteiger partial charge is 0.228 e. The third-order valence-corrected chi connectivity index (χ3v) is 6.81. The second-order valence-corrected chi connectivity index (χ2v) is 9.81. The van der Waals surface area contributed by atoms with Crippen molar-refractivity contribution in [3.8, 4) is 0 Å². The van der Waals surface area contributed by atoms with E-state index in [9.17, 15) is 4.79 Å². The molecular formula is C25H29ClN4OS. The Hall–Kier alpha value is -2.41. The molecule has 1 amide bonds. The van der Waals surface area contributed by atoms with Gasteiger partial charge in [0.2, 0.25) is 5.91 Å². The standard InChI is InChI=1S/C25H29ClN4OS/c1-18(13-24-16-27-17-32-24)28-22-9-11-30(12-10-22)23-7-5-21(6-8-23)29-25(31)15-19-3-2-4-20(26)14-19/h2-8,14,16-18,22,28H,9-13,15H2,1H3,(H,29,31)/t18-/m1/s1. The number of aromatic nitrogens is 1. The highest BCUT2D eigenvalue weighted by atomic mass is 35.5. The zero-order chi connectivity index (χ0) is 22.3. The number of hydrogen-bond donors (Lipinski definition) is 2. The van der Waals surface area contributed by atoms with Crippen molar-refractivity contribution in [1.82, 2.24) is 10.3 Å². The SMILES string of the molecule is C[C@H](Cc1cncs1)NC1CCN(c2ccc(NC(=O)Cc3cccc(Cl)c3)cc2)CC1. The summed E-state index contributed by atoms with van der Waals surface area (Å²) < 4.78 is 0. The summed E-state index contributed by atoms with van der Waals surface area (Å²) in [4.78, 5) is 20.3. The van der Waals surface area contributed by atoms with Crippen LogP contribution in [-0.2, 0) is 17.6 Å². The number of nitrogens with zero attached hydrogens (tertiary/aromatic N) is 2. The fourth-order valence-corrected chi connectivity index (χ4v) is 5.14. The molecule has 2 aromatic carbocycles. The van der Waals surface area contributed by atoms with Crippen molar-refractivity contribution in [2.45, 2.75) is 44.7 Å². The van der Waals surface area contributed by atoms with Crippen LogP contribution in [0, 0.1) is 0 Å². The zero-order valence-corrected chi connectivity index (χ0v) is 19.8. The lowest BCUT2D eigenvalue weighted by Gasteiger charge is -2.35. The number of thiazole rings is 1. The van der Waals surface area contributed by atoms with Crippen molar-refractivity contribution in [1.29, 1.82) is 0 Å². The van der Waals surface area contributed by atoms with E-state index < -0.39 is 0 Å². The molecule has 4 rings (SSSR count). The van der Waals surface area contributed by atoms with E-state index in [1.807, 2.05) is 48.1 Å². The van der Waals surface area contributed by atoms with Gasteiger partial charge in [-0.3, -0.25) is 9.78 Å². The van der Waals surface area contributed by atoms with Crippen LogP contribution in [0.15, 0.2) is 60.2 Å². The number of benzene rings is 2. The van der Waals surface area contributed by atoms with Crippen molar-refractivity contribution in [3.63, 3.8) is 0 Å². The summed E-state index contributed by atoms with van der Waals surface area (Å²) >= 11 is 7.73. The lowest BCUT2D eigenvalue weighted by molar-refractivity contribution is -0.115. The van der Waals surface area contributed by atoms with Crippen LogP contribution in [0.25, 0.3) is 0 Å². The Morgan fingerprint density at radius 1 is 1.22 bits per heavy atom. The highest BCUT2D eigenvalue weighted by Crippen LogP contribution is 2.23. The Morgan fingerprint density at radius 2 is 2.00 bits per heavy atom. The van der Waals surface area contributed by atoms with Gasteiger partial charge in [0.15, 0.2) is 0 Å². The summed E-state index contributed by atoms with van der Waals surface area (Å²) in [6.45, 7) is 4.32. The molecule has 1 aromatic heterocycles. The second kappa shape index (κ2) is 10.9. The number of rotatable bonds is 8. The highest BCUT2D eigenvalue weighted by molar-refractivity contribution is 7.09. The Balaban J connectivity index is 1.22. The number of carbonyl (C=O) groups is 1. The summed E-state index contributed by atoms with van der Waals surface area (Å²) in [6, 6.07) is 16.6. The van der Waals surface area contributed by atoms with Crippen molar-refractivity contribution in [3.05, 3.63) is 75.7 Å². The lowest BCUT2D eigenvalue weighted by atomic mass is 10.0. The van der Waals surface area contributed by atoms with Gasteiger partial charge in [-0.15, -0.1) is 11.3 Å². The molecule has 1 aliphatic rings. The first-order valence-corrected chi connectivity index (χ1v) is 12.3. The summed E-state index contributed by atoms with van der Waals surface area (Å²) in [5.74, 6) is -0.0423. The van der Waals surface area contributed by atoms with Crippen LogP contribution in [-0.4, -0.2) is 36.1 Å². The van der Waals surface area contributed by atoms with E-state index in [4.69, 9.17) is 11.6 Å². The maximum atomic E-state index is 12.3. The maximum absolute atomic E-state index is 12.3. The Kier molecular flexibility index (Phi) is 7.79. The van der Waals surface area contributed by atoms with Crippen LogP contribution in [0.4, 0.5) is 11.4 Å². The number of piperidine rings is 1. The van der Waals surface area contributed by atoms with Gasteiger partial charge in [0, 0.05) is 52.6 Å². The van der Waals surface area contributed by atoms with Gasteiger partial charge in [-0.1, -0.05) is 23.7 Å². The number of anilines is 2. The number of hydrogen-bond acceptors (Lipinski definition) is 5. The van der Waals surface area contributed by atoms with E-state index in [0.29, 0.717) is 23.5 Å². The normalized spacial score (nSPS) is 15.5. The molecule has 7 heteroatoms. The quantitative estimate of drug-likeness (QED) is 0.479. The van der Waals surface area contributed by atoms with Crippen LogP contribution in [0.3, 0.4) is 0 Å². The maximum Gasteiger partial charge on any atom is 0.228 e. The second-order valence-electron chi connectivity index (χ2n) is 8.40. The van der Waals surface area contributed by atoms with Gasteiger partial charge in [0.25, 0.3) is 0 Å². The third kappa shape index (κ3) is 6.55. The average Bonchev–Trinajstić information content (AvgIpc) is 3.28. The Labute approximate surface area is 198 Å². The summed E-state index contributed by atoms with van der Waals surface area (Å²) in [5, 5.41) is 7.40. The molecule has 0 bridgehead atoms. The minimum absolute atomic E-state index is 0.0423. The molecule has 0 radical (unpaired) electrons. The molecule has 5 nitrogen and oxygen atoms in total. The fraction of sp³-hybridized carbons (Fsp3) is 0.360. The minimum Gasteiger partial charge on any atom is -0.371 e. The van der Waals surface area contributed by atoms with Crippen molar-refractivity contribution < 1.29 is 4.79 Å². The Morgan fingerprint density at radius 3 is 2.69 bits per heavy atom. The van der Waals surface area contributed by atoms with Crippen LogP contribution in [0.2, 0.25) is 5.02 Å². The van der Waals surface area contributed by atoms with E-state index >= 15 is 0 Å². The molecule has 3 aromatic rings. The molecule has 1 saturated heterocycles. The summed E-state index contributed by atoms with van der Waals surface area (Å²) in [6.07, 6.45) is 5.57. The van der Waals surface area contributed by atoms with E-state index in [1.54, 1.807) is 11.3 Å². The Bertz CT molecular complexity index is 1000. The first kappa shape index (κ1) is 22.8. The average molecular weight is 469 g/mol. The van der Waals surface area contributed by atoms with E-state index in [1.165, 1.54) is 10.6 Å². The van der Waals surface area contributed by atoms with Gasteiger partial charge in [-0.05, 0) is 68.1 Å².